The van der Waals surface area contributed by atoms with E-state index in [0.717, 1.165) is 12.8 Å². The van der Waals surface area contributed by atoms with Crippen LogP contribution in [0.25, 0.3) is 0 Å². The molecule has 0 spiro atoms. The van der Waals surface area contributed by atoms with Crippen molar-refractivity contribution in [2.75, 3.05) is 13.1 Å². The molecule has 2 heterocycles. The molecule has 122 valence electrons. The number of piperidine rings is 1. The van der Waals surface area contributed by atoms with Crippen molar-refractivity contribution in [1.82, 2.24) is 19.9 Å². The van der Waals surface area contributed by atoms with Crippen LogP contribution in [0, 0.1) is 5.82 Å². The first kappa shape index (κ1) is 15.5. The van der Waals surface area contributed by atoms with Gasteiger partial charge in [0.2, 0.25) is 0 Å². The van der Waals surface area contributed by atoms with Gasteiger partial charge in [0.25, 0.3) is 5.91 Å². The Morgan fingerprint density at radius 2 is 2.17 bits per heavy atom. The number of aryl methyl sites for hydroxylation is 1. The van der Waals surface area contributed by atoms with E-state index in [1.54, 1.807) is 21.7 Å². The number of hydrogen-bond donors (Lipinski definition) is 0. The van der Waals surface area contributed by atoms with Crippen LogP contribution in [-0.4, -0.2) is 45.0 Å². The Balaban J connectivity index is 1.57. The molecule has 3 rings (SSSR count). The van der Waals surface area contributed by atoms with E-state index in [2.05, 4.69) is 10.3 Å². The minimum Gasteiger partial charge on any atom is -0.490 e. The van der Waals surface area contributed by atoms with E-state index >= 15 is 0 Å². The Bertz CT molecular complexity index is 680. The van der Waals surface area contributed by atoms with Crippen LogP contribution in [0.4, 0.5) is 4.39 Å². The molecule has 1 aromatic carbocycles. The van der Waals surface area contributed by atoms with Crippen LogP contribution in [0.1, 0.15) is 30.3 Å². The highest BCUT2D eigenvalue weighted by atomic mass is 19.1. The van der Waals surface area contributed by atoms with Gasteiger partial charge in [-0.15, -0.1) is 5.10 Å². The maximum absolute atomic E-state index is 13.2. The highest BCUT2D eigenvalue weighted by Gasteiger charge is 2.26. The van der Waals surface area contributed by atoms with Crippen molar-refractivity contribution in [3.8, 4) is 5.75 Å². The van der Waals surface area contributed by atoms with E-state index in [-0.39, 0.29) is 17.8 Å². The van der Waals surface area contributed by atoms with Gasteiger partial charge in [-0.3, -0.25) is 4.79 Å². The van der Waals surface area contributed by atoms with Crippen molar-refractivity contribution < 1.29 is 13.9 Å². The molecule has 7 heteroatoms. The molecule has 0 unspecified atom stereocenters. The number of hydrogen-bond acceptors (Lipinski definition) is 4. The summed E-state index contributed by atoms with van der Waals surface area (Å²) in [6.07, 6.45) is 2.93. The topological polar surface area (TPSA) is 60.2 Å². The molecule has 0 bridgehead atoms. The summed E-state index contributed by atoms with van der Waals surface area (Å²) in [6, 6.07) is 6.14. The fourth-order valence-corrected chi connectivity index (χ4v) is 2.73. The first-order valence-electron chi connectivity index (χ1n) is 7.77. The molecule has 1 fully saturated rings. The second kappa shape index (κ2) is 6.76. The van der Waals surface area contributed by atoms with Gasteiger partial charge < -0.3 is 9.64 Å². The second-order valence-electron chi connectivity index (χ2n) is 5.50. The Kier molecular flexibility index (Phi) is 4.55. The van der Waals surface area contributed by atoms with Crippen LogP contribution in [0.15, 0.2) is 30.5 Å². The number of rotatable bonds is 4. The summed E-state index contributed by atoms with van der Waals surface area (Å²) >= 11 is 0. The van der Waals surface area contributed by atoms with E-state index in [1.807, 2.05) is 6.92 Å². The van der Waals surface area contributed by atoms with Gasteiger partial charge in [0.1, 0.15) is 23.4 Å². The summed E-state index contributed by atoms with van der Waals surface area (Å²) in [4.78, 5) is 14.3. The number of nitrogens with zero attached hydrogens (tertiary/aromatic N) is 4. The molecule has 0 aliphatic carbocycles. The van der Waals surface area contributed by atoms with Crippen molar-refractivity contribution >= 4 is 5.91 Å². The summed E-state index contributed by atoms with van der Waals surface area (Å²) in [6.45, 7) is 3.74. The Morgan fingerprint density at radius 1 is 1.39 bits per heavy atom. The summed E-state index contributed by atoms with van der Waals surface area (Å²) in [5.74, 6) is 0.166. The van der Waals surface area contributed by atoms with Gasteiger partial charge in [0, 0.05) is 38.5 Å². The normalized spacial score (nSPS) is 15.7. The molecule has 23 heavy (non-hydrogen) atoms. The quantitative estimate of drug-likeness (QED) is 0.866. The number of amides is 1. The van der Waals surface area contributed by atoms with Crippen molar-refractivity contribution in [2.45, 2.75) is 32.4 Å². The molecule has 1 amide bonds. The summed E-state index contributed by atoms with van der Waals surface area (Å²) in [5, 5.41) is 7.68. The number of likely N-dealkylation sites (tertiary alicyclic amines) is 1. The fraction of sp³-hybridized carbons (Fsp3) is 0.438. The number of ether oxygens (including phenoxy) is 1. The molecule has 0 saturated carbocycles. The maximum atomic E-state index is 13.2. The number of carbonyl (C=O) groups is 1. The van der Waals surface area contributed by atoms with Crippen LogP contribution >= 0.6 is 0 Å². The van der Waals surface area contributed by atoms with Crippen LogP contribution in [0.3, 0.4) is 0 Å². The van der Waals surface area contributed by atoms with Crippen LogP contribution in [0.5, 0.6) is 5.75 Å². The van der Waals surface area contributed by atoms with Gasteiger partial charge in [-0.25, -0.2) is 9.07 Å². The fourth-order valence-electron chi connectivity index (χ4n) is 2.73. The van der Waals surface area contributed by atoms with Gasteiger partial charge in [-0.05, 0) is 19.1 Å². The predicted octanol–water partition coefficient (Wildman–Crippen LogP) is 2.12. The van der Waals surface area contributed by atoms with E-state index < -0.39 is 0 Å². The zero-order chi connectivity index (χ0) is 16.2. The van der Waals surface area contributed by atoms with Crippen LogP contribution in [0.2, 0.25) is 0 Å². The molecule has 2 aromatic rings. The number of aromatic nitrogens is 3. The largest absolute Gasteiger partial charge is 0.490 e. The first-order valence-corrected chi connectivity index (χ1v) is 7.77. The van der Waals surface area contributed by atoms with Gasteiger partial charge >= 0.3 is 0 Å². The molecular formula is C16H19FN4O2. The van der Waals surface area contributed by atoms with Crippen LogP contribution in [-0.2, 0) is 6.54 Å². The molecule has 1 aliphatic rings. The highest BCUT2D eigenvalue weighted by Crippen LogP contribution is 2.20. The Labute approximate surface area is 133 Å². The van der Waals surface area contributed by atoms with Crippen molar-refractivity contribution in [1.29, 1.82) is 0 Å². The zero-order valence-electron chi connectivity index (χ0n) is 13.0. The standard InChI is InChI=1S/C16H19FN4O2/c1-2-21-15(11-18-19-21)16(22)20-8-6-13(7-9-20)23-14-5-3-4-12(17)10-14/h3-5,10-11,13H,2,6-9H2,1H3. The molecule has 1 aliphatic heterocycles. The average Bonchev–Trinajstić information content (AvgIpc) is 3.03. The lowest BCUT2D eigenvalue weighted by atomic mass is 10.1. The Hall–Kier alpha value is -2.44. The first-order chi connectivity index (χ1) is 11.2. The monoisotopic (exact) mass is 318 g/mol. The van der Waals surface area contributed by atoms with Crippen molar-refractivity contribution in [3.63, 3.8) is 0 Å². The summed E-state index contributed by atoms with van der Waals surface area (Å²) in [7, 11) is 0. The number of benzene rings is 1. The second-order valence-corrected chi connectivity index (χ2v) is 5.50. The van der Waals surface area contributed by atoms with Gasteiger partial charge in [-0.1, -0.05) is 11.3 Å². The molecule has 6 nitrogen and oxygen atoms in total. The third kappa shape index (κ3) is 3.49. The molecular weight excluding hydrogens is 299 g/mol. The zero-order valence-corrected chi connectivity index (χ0v) is 13.0. The molecule has 0 N–H and O–H groups in total. The van der Waals surface area contributed by atoms with Gasteiger partial charge in [-0.2, -0.15) is 0 Å². The number of carbonyl (C=O) groups excluding carboxylic acids is 1. The minimum absolute atomic E-state index is 0.00457. The predicted molar refractivity (Wildman–Crippen MR) is 81.6 cm³/mol. The maximum Gasteiger partial charge on any atom is 0.273 e. The molecule has 1 saturated heterocycles. The minimum atomic E-state index is -0.310. The molecule has 0 radical (unpaired) electrons. The van der Waals surface area contributed by atoms with E-state index in [1.165, 1.54) is 18.3 Å². The van der Waals surface area contributed by atoms with E-state index in [9.17, 15) is 9.18 Å². The van der Waals surface area contributed by atoms with Crippen LogP contribution < -0.4 is 4.74 Å². The number of halogens is 1. The van der Waals surface area contributed by atoms with Crippen molar-refractivity contribution in [2.24, 2.45) is 0 Å². The third-order valence-electron chi connectivity index (χ3n) is 3.96. The average molecular weight is 318 g/mol. The van der Waals surface area contributed by atoms with E-state index in [4.69, 9.17) is 4.74 Å². The summed E-state index contributed by atoms with van der Waals surface area (Å²) < 4.78 is 20.6. The summed E-state index contributed by atoms with van der Waals surface area (Å²) in [5.41, 5.74) is 0.511. The van der Waals surface area contributed by atoms with Crippen molar-refractivity contribution in [3.05, 3.63) is 42.0 Å². The smallest absolute Gasteiger partial charge is 0.273 e. The van der Waals surface area contributed by atoms with E-state index in [0.29, 0.717) is 31.1 Å². The van der Waals surface area contributed by atoms with Gasteiger partial charge in [0.05, 0.1) is 6.20 Å². The molecule has 0 atom stereocenters. The van der Waals surface area contributed by atoms with Gasteiger partial charge in [0.15, 0.2) is 0 Å². The SMILES string of the molecule is CCn1nncc1C(=O)N1CCC(Oc2cccc(F)c2)CC1. The lowest BCUT2D eigenvalue weighted by Gasteiger charge is -2.32. The lowest BCUT2D eigenvalue weighted by Crippen LogP contribution is -2.42. The highest BCUT2D eigenvalue weighted by molar-refractivity contribution is 5.92. The third-order valence-corrected chi connectivity index (χ3v) is 3.96. The molecule has 1 aromatic heterocycles. The lowest BCUT2D eigenvalue weighted by molar-refractivity contribution is 0.0584. The Morgan fingerprint density at radius 3 is 2.87 bits per heavy atom.